The zero-order valence-corrected chi connectivity index (χ0v) is 21.8. The highest BCUT2D eigenvalue weighted by atomic mass is 32.2. The van der Waals surface area contributed by atoms with Gasteiger partial charge in [0.15, 0.2) is 0 Å². The lowest BCUT2D eigenvalue weighted by molar-refractivity contribution is -0.141. The maximum Gasteiger partial charge on any atom is 0.243 e. The maximum atomic E-state index is 13.6. The van der Waals surface area contributed by atoms with Gasteiger partial charge in [0.1, 0.15) is 6.04 Å². The quantitative estimate of drug-likeness (QED) is 0.324. The van der Waals surface area contributed by atoms with Crippen LogP contribution in [0.4, 0.5) is 0 Å². The second kappa shape index (κ2) is 13.7. The van der Waals surface area contributed by atoms with Crippen LogP contribution in [0.5, 0.6) is 0 Å². The molecule has 3 aromatic carbocycles. The number of thioether (sulfide) groups is 1. The van der Waals surface area contributed by atoms with Crippen molar-refractivity contribution in [2.75, 3.05) is 12.3 Å². The van der Waals surface area contributed by atoms with Crippen LogP contribution >= 0.6 is 11.8 Å². The molecule has 0 fully saturated rings. The Kier molecular flexibility index (Phi) is 10.4. The van der Waals surface area contributed by atoms with Crippen molar-refractivity contribution in [1.29, 1.82) is 0 Å². The van der Waals surface area contributed by atoms with Crippen LogP contribution in [0.1, 0.15) is 37.0 Å². The van der Waals surface area contributed by atoms with E-state index in [1.807, 2.05) is 79.7 Å². The summed E-state index contributed by atoms with van der Waals surface area (Å²) < 4.78 is 0. The van der Waals surface area contributed by atoms with E-state index in [1.54, 1.807) is 16.7 Å². The van der Waals surface area contributed by atoms with Crippen LogP contribution in [0.15, 0.2) is 89.8 Å². The molecule has 1 atom stereocenters. The van der Waals surface area contributed by atoms with Gasteiger partial charge in [-0.05, 0) is 36.1 Å². The zero-order chi connectivity index (χ0) is 25.0. The number of hydrogen-bond acceptors (Lipinski definition) is 3. The lowest BCUT2D eigenvalue weighted by Gasteiger charge is -2.32. The molecule has 0 heterocycles. The molecular formula is C30H36N2O2S. The van der Waals surface area contributed by atoms with Crippen LogP contribution < -0.4 is 5.32 Å². The maximum absolute atomic E-state index is 13.6. The summed E-state index contributed by atoms with van der Waals surface area (Å²) in [5.41, 5.74) is 3.23. The molecule has 0 aliphatic heterocycles. The van der Waals surface area contributed by atoms with Crippen LogP contribution in [0.2, 0.25) is 0 Å². The lowest BCUT2D eigenvalue weighted by Crippen LogP contribution is -2.51. The molecule has 184 valence electrons. The Bertz CT molecular complexity index is 1050. The Morgan fingerprint density at radius 3 is 2.11 bits per heavy atom. The third-order valence-electron chi connectivity index (χ3n) is 5.76. The highest BCUT2D eigenvalue weighted by molar-refractivity contribution is 7.99. The minimum Gasteiger partial charge on any atom is -0.354 e. The van der Waals surface area contributed by atoms with Gasteiger partial charge in [-0.1, -0.05) is 92.2 Å². The largest absolute Gasteiger partial charge is 0.354 e. The smallest absolute Gasteiger partial charge is 0.243 e. The SMILES string of the molecule is Cc1ccc(CN(C(=O)CCSc2ccccc2)C(Cc2ccccc2)C(=O)NCC(C)C)cc1. The van der Waals surface area contributed by atoms with Gasteiger partial charge < -0.3 is 10.2 Å². The fraction of sp³-hybridized carbons (Fsp3) is 0.333. The van der Waals surface area contributed by atoms with Crippen molar-refractivity contribution in [3.63, 3.8) is 0 Å². The summed E-state index contributed by atoms with van der Waals surface area (Å²) >= 11 is 1.66. The standard InChI is InChI=1S/C30H36N2O2S/c1-23(2)21-31-30(34)28(20-25-10-6-4-7-11-25)32(22-26-16-14-24(3)15-17-26)29(33)18-19-35-27-12-8-5-9-13-27/h4-17,23,28H,18-22H2,1-3H3,(H,31,34). The van der Waals surface area contributed by atoms with Crippen LogP contribution in [-0.2, 0) is 22.6 Å². The van der Waals surface area contributed by atoms with Crippen molar-refractivity contribution in [3.8, 4) is 0 Å². The molecule has 1 N–H and O–H groups in total. The van der Waals surface area contributed by atoms with Crippen LogP contribution in [0.3, 0.4) is 0 Å². The average Bonchev–Trinajstić information content (AvgIpc) is 2.87. The summed E-state index contributed by atoms with van der Waals surface area (Å²) in [4.78, 5) is 30.0. The van der Waals surface area contributed by atoms with Gasteiger partial charge in [0.05, 0.1) is 0 Å². The van der Waals surface area contributed by atoms with Gasteiger partial charge in [-0.3, -0.25) is 9.59 Å². The molecule has 3 rings (SSSR count). The number of benzene rings is 3. The van der Waals surface area contributed by atoms with Gasteiger partial charge in [0, 0.05) is 36.6 Å². The average molecular weight is 489 g/mol. The fourth-order valence-electron chi connectivity index (χ4n) is 3.78. The molecule has 2 amide bonds. The zero-order valence-electron chi connectivity index (χ0n) is 20.9. The van der Waals surface area contributed by atoms with Crippen LogP contribution in [0.25, 0.3) is 0 Å². The van der Waals surface area contributed by atoms with E-state index in [2.05, 4.69) is 31.3 Å². The Morgan fingerprint density at radius 2 is 1.49 bits per heavy atom. The molecular weight excluding hydrogens is 452 g/mol. The summed E-state index contributed by atoms with van der Waals surface area (Å²) in [6.45, 7) is 7.18. The Balaban J connectivity index is 1.83. The number of amides is 2. The lowest BCUT2D eigenvalue weighted by atomic mass is 10.0. The number of hydrogen-bond donors (Lipinski definition) is 1. The molecule has 4 nitrogen and oxygen atoms in total. The first-order valence-electron chi connectivity index (χ1n) is 12.3. The summed E-state index contributed by atoms with van der Waals surface area (Å²) in [5.74, 6) is 0.895. The molecule has 1 unspecified atom stereocenters. The molecule has 0 saturated heterocycles. The third-order valence-corrected chi connectivity index (χ3v) is 6.77. The molecule has 0 spiro atoms. The van der Waals surface area contributed by atoms with Gasteiger partial charge in [-0.25, -0.2) is 0 Å². The van der Waals surface area contributed by atoms with Crippen LogP contribution in [-0.4, -0.2) is 35.1 Å². The molecule has 0 aliphatic rings. The summed E-state index contributed by atoms with van der Waals surface area (Å²) in [6.07, 6.45) is 0.850. The second-order valence-electron chi connectivity index (χ2n) is 9.26. The minimum atomic E-state index is -0.577. The Morgan fingerprint density at radius 1 is 0.857 bits per heavy atom. The number of carbonyl (C=O) groups excluding carboxylic acids is 2. The fourth-order valence-corrected chi connectivity index (χ4v) is 4.65. The van der Waals surface area contributed by atoms with Crippen molar-refractivity contribution in [2.45, 2.75) is 51.1 Å². The van der Waals surface area contributed by atoms with E-state index in [4.69, 9.17) is 0 Å². The number of nitrogens with zero attached hydrogens (tertiary/aromatic N) is 1. The van der Waals surface area contributed by atoms with E-state index in [0.717, 1.165) is 16.0 Å². The molecule has 35 heavy (non-hydrogen) atoms. The molecule has 0 aromatic heterocycles. The van der Waals surface area contributed by atoms with Gasteiger partial charge in [0.25, 0.3) is 0 Å². The van der Waals surface area contributed by atoms with Crippen molar-refractivity contribution in [2.24, 2.45) is 5.92 Å². The molecule has 0 radical (unpaired) electrons. The predicted octanol–water partition coefficient (Wildman–Crippen LogP) is 5.89. The first kappa shape index (κ1) is 26.6. The van der Waals surface area contributed by atoms with E-state index in [-0.39, 0.29) is 11.8 Å². The van der Waals surface area contributed by atoms with E-state index >= 15 is 0 Å². The van der Waals surface area contributed by atoms with Gasteiger partial charge in [-0.2, -0.15) is 0 Å². The molecule has 0 bridgehead atoms. The van der Waals surface area contributed by atoms with Crippen molar-refractivity contribution >= 4 is 23.6 Å². The normalized spacial score (nSPS) is 11.8. The molecule has 3 aromatic rings. The molecule has 0 saturated carbocycles. The van der Waals surface area contributed by atoms with E-state index in [0.29, 0.717) is 37.6 Å². The minimum absolute atomic E-state index is 0.00497. The predicted molar refractivity (Wildman–Crippen MR) is 145 cm³/mol. The van der Waals surface area contributed by atoms with E-state index in [1.165, 1.54) is 5.56 Å². The highest BCUT2D eigenvalue weighted by Crippen LogP contribution is 2.21. The van der Waals surface area contributed by atoms with Gasteiger partial charge in [-0.15, -0.1) is 11.8 Å². The number of nitrogens with one attached hydrogen (secondary N) is 1. The summed E-state index contributed by atoms with van der Waals surface area (Å²) in [6, 6.07) is 27.6. The van der Waals surface area contributed by atoms with Crippen LogP contribution in [0, 0.1) is 12.8 Å². The van der Waals surface area contributed by atoms with E-state index in [9.17, 15) is 9.59 Å². The van der Waals surface area contributed by atoms with Crippen molar-refractivity contribution in [1.82, 2.24) is 10.2 Å². The second-order valence-corrected chi connectivity index (χ2v) is 10.4. The first-order valence-corrected chi connectivity index (χ1v) is 13.3. The Hall–Kier alpha value is -3.05. The monoisotopic (exact) mass is 488 g/mol. The Labute approximate surface area is 214 Å². The molecule has 0 aliphatic carbocycles. The highest BCUT2D eigenvalue weighted by Gasteiger charge is 2.30. The summed E-state index contributed by atoms with van der Waals surface area (Å²) in [7, 11) is 0. The summed E-state index contributed by atoms with van der Waals surface area (Å²) in [5, 5.41) is 3.08. The number of aryl methyl sites for hydroxylation is 1. The van der Waals surface area contributed by atoms with Crippen molar-refractivity contribution in [3.05, 3.63) is 102 Å². The molecule has 5 heteroatoms. The third kappa shape index (κ3) is 8.91. The number of rotatable bonds is 12. The van der Waals surface area contributed by atoms with Gasteiger partial charge in [0.2, 0.25) is 11.8 Å². The van der Waals surface area contributed by atoms with E-state index < -0.39 is 6.04 Å². The number of carbonyl (C=O) groups is 2. The van der Waals surface area contributed by atoms with Gasteiger partial charge >= 0.3 is 0 Å². The first-order chi connectivity index (χ1) is 16.9. The van der Waals surface area contributed by atoms with Crippen molar-refractivity contribution < 1.29 is 9.59 Å². The topological polar surface area (TPSA) is 49.4 Å².